The molecule has 2 aliphatic rings. The standard InChI is InChI=1S/C23H33NO3S/c1-16-9-7-5-4-6-8-10-20-22(26-20)14-21(27-23(25)12-11-16)17(2)13-19-15-28-18(3)24-19/h6,8,13,15-16,20-22H,4-5,7,9-12,14H2,1-3H3/t16-,20?,21?,22?/m0/s1. The Morgan fingerprint density at radius 2 is 2.11 bits per heavy atom. The maximum absolute atomic E-state index is 12.5. The zero-order chi connectivity index (χ0) is 19.9. The van der Waals surface area contributed by atoms with Crippen molar-refractivity contribution in [3.63, 3.8) is 0 Å². The van der Waals surface area contributed by atoms with Gasteiger partial charge in [-0.05, 0) is 57.1 Å². The van der Waals surface area contributed by atoms with Gasteiger partial charge in [0.2, 0.25) is 0 Å². The summed E-state index contributed by atoms with van der Waals surface area (Å²) in [6.45, 7) is 6.27. The molecule has 0 spiro atoms. The summed E-state index contributed by atoms with van der Waals surface area (Å²) in [5, 5.41) is 3.08. The lowest BCUT2D eigenvalue weighted by molar-refractivity contribution is -0.148. The molecule has 3 rings (SSSR count). The number of cyclic esters (lactones) is 1. The van der Waals surface area contributed by atoms with Crippen molar-refractivity contribution >= 4 is 23.4 Å². The number of rotatable bonds is 2. The van der Waals surface area contributed by atoms with Crippen molar-refractivity contribution in [3.05, 3.63) is 33.8 Å². The molecule has 5 heteroatoms. The lowest BCUT2D eigenvalue weighted by Gasteiger charge is -2.19. The van der Waals surface area contributed by atoms with Crippen molar-refractivity contribution in [2.75, 3.05) is 0 Å². The van der Waals surface area contributed by atoms with Gasteiger partial charge < -0.3 is 9.47 Å². The van der Waals surface area contributed by atoms with E-state index in [-0.39, 0.29) is 24.3 Å². The van der Waals surface area contributed by atoms with Crippen LogP contribution in [0.15, 0.2) is 23.1 Å². The van der Waals surface area contributed by atoms with Gasteiger partial charge in [-0.15, -0.1) is 11.3 Å². The summed E-state index contributed by atoms with van der Waals surface area (Å²) in [6.07, 6.45) is 14.6. The van der Waals surface area contributed by atoms with Gasteiger partial charge in [-0.1, -0.05) is 31.9 Å². The summed E-state index contributed by atoms with van der Waals surface area (Å²) in [6, 6.07) is 0. The highest BCUT2D eigenvalue weighted by Gasteiger charge is 2.40. The molecule has 3 heterocycles. The topological polar surface area (TPSA) is 51.7 Å². The molecule has 154 valence electrons. The minimum Gasteiger partial charge on any atom is -0.458 e. The molecule has 1 saturated heterocycles. The first-order chi connectivity index (χ1) is 13.5. The number of aryl methyl sites for hydroxylation is 1. The van der Waals surface area contributed by atoms with Crippen LogP contribution in [0.3, 0.4) is 0 Å². The lowest BCUT2D eigenvalue weighted by Crippen LogP contribution is -2.22. The Balaban J connectivity index is 1.68. The SMILES string of the molecule is CC(=Cc1csc(C)n1)C1CC2OC2CC=CCCCC[C@H](C)CCC(=O)O1. The number of carbonyl (C=O) groups is 1. The molecule has 0 radical (unpaired) electrons. The Labute approximate surface area is 173 Å². The second kappa shape index (κ2) is 10.4. The van der Waals surface area contributed by atoms with Crippen molar-refractivity contribution in [1.82, 2.24) is 4.98 Å². The Hall–Kier alpha value is -1.46. The van der Waals surface area contributed by atoms with E-state index in [4.69, 9.17) is 9.47 Å². The van der Waals surface area contributed by atoms with Crippen LogP contribution in [0.25, 0.3) is 6.08 Å². The maximum Gasteiger partial charge on any atom is 0.306 e. The van der Waals surface area contributed by atoms with Crippen molar-refractivity contribution in [2.45, 2.75) is 90.4 Å². The Bertz CT molecular complexity index is 708. The van der Waals surface area contributed by atoms with Crippen LogP contribution in [-0.2, 0) is 14.3 Å². The minimum atomic E-state index is -0.239. The molecule has 0 N–H and O–H groups in total. The first-order valence-corrected chi connectivity index (χ1v) is 11.5. The van der Waals surface area contributed by atoms with Crippen LogP contribution < -0.4 is 0 Å². The normalized spacial score (nSPS) is 30.5. The van der Waals surface area contributed by atoms with Gasteiger partial charge in [0.1, 0.15) is 6.10 Å². The highest BCUT2D eigenvalue weighted by Crippen LogP contribution is 2.33. The quantitative estimate of drug-likeness (QED) is 0.352. The number of ether oxygens (including phenoxy) is 2. The average Bonchev–Trinajstić information content (AvgIpc) is 3.27. The highest BCUT2D eigenvalue weighted by atomic mass is 32.1. The summed E-state index contributed by atoms with van der Waals surface area (Å²) in [5.74, 6) is 0.469. The van der Waals surface area contributed by atoms with E-state index in [0.29, 0.717) is 12.3 Å². The summed E-state index contributed by atoms with van der Waals surface area (Å²) in [5.41, 5.74) is 1.98. The number of hydrogen-bond acceptors (Lipinski definition) is 5. The second-order valence-corrected chi connectivity index (χ2v) is 9.30. The largest absolute Gasteiger partial charge is 0.458 e. The van der Waals surface area contributed by atoms with Gasteiger partial charge in [0.05, 0.1) is 22.9 Å². The molecule has 0 amide bonds. The molecule has 1 aromatic heterocycles. The number of hydrogen-bond donors (Lipinski definition) is 0. The van der Waals surface area contributed by atoms with Gasteiger partial charge in [0, 0.05) is 18.2 Å². The summed E-state index contributed by atoms with van der Waals surface area (Å²) >= 11 is 1.63. The Morgan fingerprint density at radius 3 is 2.89 bits per heavy atom. The molecular weight excluding hydrogens is 370 g/mol. The predicted molar refractivity (Wildman–Crippen MR) is 114 cm³/mol. The molecule has 0 bridgehead atoms. The van der Waals surface area contributed by atoms with Gasteiger partial charge in [0.15, 0.2) is 0 Å². The fourth-order valence-electron chi connectivity index (χ4n) is 3.73. The third-order valence-corrected chi connectivity index (χ3v) is 6.41. The van der Waals surface area contributed by atoms with E-state index in [9.17, 15) is 4.79 Å². The number of fused-ring (bicyclic) bond motifs is 1. The van der Waals surface area contributed by atoms with E-state index in [0.717, 1.165) is 42.0 Å². The van der Waals surface area contributed by atoms with Crippen LogP contribution in [0.5, 0.6) is 0 Å². The average molecular weight is 404 g/mol. The number of allylic oxidation sites excluding steroid dienone is 1. The van der Waals surface area contributed by atoms with Crippen molar-refractivity contribution in [1.29, 1.82) is 0 Å². The number of nitrogens with zero attached hydrogens (tertiary/aromatic N) is 1. The maximum atomic E-state index is 12.5. The molecule has 1 aromatic rings. The zero-order valence-corrected chi connectivity index (χ0v) is 18.2. The molecule has 0 saturated carbocycles. The monoisotopic (exact) mass is 403 g/mol. The number of aromatic nitrogens is 1. The van der Waals surface area contributed by atoms with Gasteiger partial charge in [-0.2, -0.15) is 0 Å². The number of epoxide rings is 1. The Kier molecular flexibility index (Phi) is 7.86. The lowest BCUT2D eigenvalue weighted by atomic mass is 9.97. The fourth-order valence-corrected chi connectivity index (χ4v) is 4.30. The van der Waals surface area contributed by atoms with Crippen molar-refractivity contribution in [2.24, 2.45) is 5.92 Å². The van der Waals surface area contributed by atoms with Crippen LogP contribution >= 0.6 is 11.3 Å². The van der Waals surface area contributed by atoms with Crippen LogP contribution in [0.2, 0.25) is 0 Å². The summed E-state index contributed by atoms with van der Waals surface area (Å²) in [7, 11) is 0. The molecule has 1 fully saturated rings. The number of thiazole rings is 1. The van der Waals surface area contributed by atoms with E-state index in [1.165, 1.54) is 19.3 Å². The second-order valence-electron chi connectivity index (χ2n) is 8.24. The highest BCUT2D eigenvalue weighted by molar-refractivity contribution is 7.09. The van der Waals surface area contributed by atoms with Gasteiger partial charge in [-0.3, -0.25) is 4.79 Å². The molecule has 28 heavy (non-hydrogen) atoms. The van der Waals surface area contributed by atoms with Crippen molar-refractivity contribution in [3.8, 4) is 0 Å². The third-order valence-electron chi connectivity index (χ3n) is 5.62. The molecule has 0 aliphatic carbocycles. The molecule has 2 aliphatic heterocycles. The number of carbonyl (C=O) groups excluding carboxylic acids is 1. The third kappa shape index (κ3) is 6.85. The minimum absolute atomic E-state index is 0.0942. The smallest absolute Gasteiger partial charge is 0.306 e. The zero-order valence-electron chi connectivity index (χ0n) is 17.4. The molecule has 0 aromatic carbocycles. The van der Waals surface area contributed by atoms with Crippen LogP contribution in [0.4, 0.5) is 0 Å². The van der Waals surface area contributed by atoms with Gasteiger partial charge >= 0.3 is 5.97 Å². The molecule has 4 nitrogen and oxygen atoms in total. The van der Waals surface area contributed by atoms with Crippen molar-refractivity contribution < 1.29 is 14.3 Å². The van der Waals surface area contributed by atoms with Crippen LogP contribution in [0, 0.1) is 12.8 Å². The van der Waals surface area contributed by atoms with Gasteiger partial charge in [0.25, 0.3) is 0 Å². The Morgan fingerprint density at radius 1 is 1.25 bits per heavy atom. The van der Waals surface area contributed by atoms with Gasteiger partial charge in [-0.25, -0.2) is 4.98 Å². The fraction of sp³-hybridized carbons (Fsp3) is 0.652. The first-order valence-electron chi connectivity index (χ1n) is 10.6. The predicted octanol–water partition coefficient (Wildman–Crippen LogP) is 5.86. The summed E-state index contributed by atoms with van der Waals surface area (Å²) in [4.78, 5) is 17.0. The molecule has 3 unspecified atom stereocenters. The molecule has 4 atom stereocenters. The van der Waals surface area contributed by atoms with E-state index in [1.807, 2.05) is 25.3 Å². The molecular formula is C23H33NO3S. The number of esters is 1. The van der Waals surface area contributed by atoms with E-state index in [2.05, 4.69) is 24.1 Å². The van der Waals surface area contributed by atoms with Crippen LogP contribution in [-0.4, -0.2) is 29.3 Å². The first kappa shape index (κ1) is 21.3. The van der Waals surface area contributed by atoms with E-state index in [1.54, 1.807) is 11.3 Å². The summed E-state index contributed by atoms with van der Waals surface area (Å²) < 4.78 is 11.8. The van der Waals surface area contributed by atoms with E-state index >= 15 is 0 Å². The van der Waals surface area contributed by atoms with Crippen LogP contribution in [0.1, 0.15) is 75.9 Å². The van der Waals surface area contributed by atoms with E-state index < -0.39 is 0 Å².